The maximum absolute atomic E-state index is 2.48. The molecule has 0 N–H and O–H groups in total. The topological polar surface area (TPSA) is 19.7 Å². The van der Waals surface area contributed by atoms with Gasteiger partial charge < -0.3 is 18.3 Å². The molecule has 2 aliphatic rings. The molecule has 4 heterocycles. The minimum atomic E-state index is -0.153. The van der Waals surface area contributed by atoms with Crippen LogP contribution in [0.4, 0.5) is 0 Å². The van der Waals surface area contributed by atoms with E-state index in [-0.39, 0.29) is 10.8 Å². The highest BCUT2D eigenvalue weighted by Gasteiger charge is 2.40. The number of hydrogen-bond donors (Lipinski definition) is 0. The van der Waals surface area contributed by atoms with Gasteiger partial charge in [0.05, 0.1) is 55.5 Å². The standard InChI is InChI=1S/2C55H38N2/c1-55(2)46-20-10-8-19-43(46)53-47(55)29-32-52-54(53)45-34-39(26-31-51(45)56(52)40-27-23-36(24-28-40)35-13-4-3-5-14-35)38-25-30-50-44(33-38)42-18-9-11-21-49(42)57(50)48-22-12-16-37-15-6-7-17-41(37)48;1-55(2)47-20-10-8-18-42(47)44-29-32-52-53(54(44)55)46-34-39(26-31-51(46)56(52)40-27-23-36(24-28-40)35-13-4-3-5-14-35)38-25-30-50-45(33-38)43-19-9-11-21-49(43)57(50)48-22-12-16-37-15-6-7-17-41(37)48/h2*3-34H,1-2H3. The smallest absolute Gasteiger partial charge is 0.0547 e. The molecular weight excluding hydrogens is 1380 g/mol. The Morgan fingerprint density at radius 1 is 0.193 bits per heavy atom. The van der Waals surface area contributed by atoms with Gasteiger partial charge in [0.25, 0.3) is 0 Å². The number of nitrogens with zero attached hydrogens (tertiary/aromatic N) is 4. The van der Waals surface area contributed by atoms with Crippen LogP contribution in [0.3, 0.4) is 0 Å². The van der Waals surface area contributed by atoms with Crippen LogP contribution in [0.15, 0.2) is 388 Å². The number of rotatable bonds is 8. The molecule has 4 aromatic heterocycles. The van der Waals surface area contributed by atoms with Crippen molar-refractivity contribution in [3.63, 3.8) is 0 Å². The lowest BCUT2D eigenvalue weighted by atomic mass is 9.80. The molecule has 4 nitrogen and oxygen atoms in total. The van der Waals surface area contributed by atoms with Crippen molar-refractivity contribution in [1.29, 1.82) is 0 Å². The summed E-state index contributed by atoms with van der Waals surface area (Å²) >= 11 is 0. The Morgan fingerprint density at radius 2 is 0.544 bits per heavy atom. The fraction of sp³-hybridized carbons (Fsp3) is 0.0545. The van der Waals surface area contributed by atoms with Crippen molar-refractivity contribution in [1.82, 2.24) is 18.3 Å². The first kappa shape index (κ1) is 65.6. The Bertz CT molecular complexity index is 7740. The normalized spacial score (nSPS) is 13.2. The molecule has 0 saturated carbocycles. The molecule has 0 atom stereocenters. The van der Waals surface area contributed by atoms with Gasteiger partial charge in [0.2, 0.25) is 0 Å². The molecule has 0 spiro atoms. The number of fused-ring (bicyclic) bond motifs is 22. The molecule has 22 aromatic rings. The molecule has 0 fully saturated rings. The van der Waals surface area contributed by atoms with Crippen LogP contribution in [0.1, 0.15) is 49.9 Å². The lowest BCUT2D eigenvalue weighted by Crippen LogP contribution is -2.15. The fourth-order valence-corrected chi connectivity index (χ4v) is 20.1. The number of hydrogen-bond acceptors (Lipinski definition) is 0. The molecule has 536 valence electrons. The summed E-state index contributed by atoms with van der Waals surface area (Å²) in [6, 6.07) is 144. The molecule has 2 aliphatic carbocycles. The summed E-state index contributed by atoms with van der Waals surface area (Å²) < 4.78 is 9.83. The van der Waals surface area contributed by atoms with Gasteiger partial charge in [-0.25, -0.2) is 0 Å². The molecule has 18 aromatic carbocycles. The van der Waals surface area contributed by atoms with Gasteiger partial charge in [-0.1, -0.05) is 307 Å². The number of para-hydroxylation sites is 2. The van der Waals surface area contributed by atoms with Gasteiger partial charge >= 0.3 is 0 Å². The highest BCUT2D eigenvalue weighted by atomic mass is 15.0. The average Bonchev–Trinajstić information content (AvgIpc) is 1.54. The van der Waals surface area contributed by atoms with Crippen LogP contribution >= 0.6 is 0 Å². The third-order valence-electron chi connectivity index (χ3n) is 25.4. The van der Waals surface area contributed by atoms with E-state index in [9.17, 15) is 0 Å². The number of aromatic nitrogens is 4. The van der Waals surface area contributed by atoms with E-state index in [1.807, 2.05) is 0 Å². The molecular formula is C110H76N4. The lowest BCUT2D eigenvalue weighted by Gasteiger charge is -2.22. The first-order valence-electron chi connectivity index (χ1n) is 39.9. The van der Waals surface area contributed by atoms with E-state index in [0.717, 1.165) is 5.69 Å². The molecule has 24 rings (SSSR count). The Hall–Kier alpha value is -14.3. The van der Waals surface area contributed by atoms with E-state index < -0.39 is 0 Å². The van der Waals surface area contributed by atoms with E-state index in [0.29, 0.717) is 0 Å². The van der Waals surface area contributed by atoms with Crippen molar-refractivity contribution in [3.05, 3.63) is 411 Å². The summed E-state index contributed by atoms with van der Waals surface area (Å²) in [7, 11) is 0. The highest BCUT2D eigenvalue weighted by molar-refractivity contribution is 6.21. The van der Waals surface area contributed by atoms with Gasteiger partial charge in [-0.2, -0.15) is 0 Å². The van der Waals surface area contributed by atoms with Crippen molar-refractivity contribution >= 4 is 109 Å². The third kappa shape index (κ3) is 9.77. The summed E-state index contributed by atoms with van der Waals surface area (Å²) in [5, 5.41) is 15.2. The largest absolute Gasteiger partial charge is 0.309 e. The van der Waals surface area contributed by atoms with Crippen LogP contribution in [0, 0.1) is 0 Å². The van der Waals surface area contributed by atoms with Crippen molar-refractivity contribution in [2.24, 2.45) is 0 Å². The first-order chi connectivity index (χ1) is 56.1. The summed E-state index contributed by atoms with van der Waals surface area (Å²) in [5.74, 6) is 0. The van der Waals surface area contributed by atoms with E-state index in [1.165, 1.54) is 215 Å². The summed E-state index contributed by atoms with van der Waals surface area (Å²) in [5.41, 5.74) is 35.0. The van der Waals surface area contributed by atoms with Gasteiger partial charge in [0, 0.05) is 76.1 Å². The van der Waals surface area contributed by atoms with Crippen LogP contribution in [-0.4, -0.2) is 18.3 Å². The van der Waals surface area contributed by atoms with Crippen LogP contribution in [0.2, 0.25) is 0 Å². The SMILES string of the molecule is CC1(C)c2ccccc2-c2c1ccc1c2c2cc(-c3ccc4c(c3)c3ccccc3n4-c3cccc4ccccc34)ccc2n1-c1ccc(-c2ccccc2)cc1.CC1(C)c2ccccc2-c2ccc3c(c21)c1cc(-c2ccc4c(c2)c2ccccc2n4-c2cccc4ccccc24)ccc1n3-c1ccc(-c2ccccc2)cc1. The predicted molar refractivity (Wildman–Crippen MR) is 482 cm³/mol. The first-order valence-corrected chi connectivity index (χ1v) is 39.9. The van der Waals surface area contributed by atoms with Crippen LogP contribution in [0.25, 0.3) is 198 Å². The summed E-state index contributed by atoms with van der Waals surface area (Å²) in [4.78, 5) is 0. The van der Waals surface area contributed by atoms with Gasteiger partial charge in [-0.15, -0.1) is 0 Å². The maximum atomic E-state index is 2.48. The third-order valence-corrected chi connectivity index (χ3v) is 25.4. The zero-order valence-corrected chi connectivity index (χ0v) is 63.7. The molecule has 114 heavy (non-hydrogen) atoms. The van der Waals surface area contributed by atoms with Gasteiger partial charge in [-0.3, -0.25) is 0 Å². The molecule has 0 bridgehead atoms. The van der Waals surface area contributed by atoms with E-state index in [2.05, 4.69) is 434 Å². The maximum Gasteiger partial charge on any atom is 0.0547 e. The number of benzene rings is 18. The second-order valence-electron chi connectivity index (χ2n) is 32.2. The second-order valence-corrected chi connectivity index (χ2v) is 32.2. The minimum absolute atomic E-state index is 0.0905. The van der Waals surface area contributed by atoms with Gasteiger partial charge in [0.1, 0.15) is 0 Å². The Balaban J connectivity index is 0.000000135. The minimum Gasteiger partial charge on any atom is -0.309 e. The van der Waals surface area contributed by atoms with Crippen LogP contribution in [0.5, 0.6) is 0 Å². The second kappa shape index (κ2) is 25.1. The monoisotopic (exact) mass is 1450 g/mol. The van der Waals surface area contributed by atoms with Crippen molar-refractivity contribution in [3.8, 4) is 89.5 Å². The lowest BCUT2D eigenvalue weighted by molar-refractivity contribution is 0.661. The summed E-state index contributed by atoms with van der Waals surface area (Å²) in [6.45, 7) is 9.55. The highest BCUT2D eigenvalue weighted by Crippen LogP contribution is 2.56. The van der Waals surface area contributed by atoms with Gasteiger partial charge in [-0.05, 0) is 209 Å². The quantitative estimate of drug-likeness (QED) is 0.144. The Labute approximate surface area is 661 Å². The molecule has 4 heteroatoms. The molecule has 0 aliphatic heterocycles. The van der Waals surface area contributed by atoms with E-state index in [4.69, 9.17) is 0 Å². The predicted octanol–water partition coefficient (Wildman–Crippen LogP) is 29.3. The van der Waals surface area contributed by atoms with Crippen LogP contribution < -0.4 is 0 Å². The zero-order chi connectivity index (χ0) is 75.7. The van der Waals surface area contributed by atoms with E-state index in [1.54, 1.807) is 0 Å². The Kier molecular flexibility index (Phi) is 14.4. The zero-order valence-electron chi connectivity index (χ0n) is 63.7. The summed E-state index contributed by atoms with van der Waals surface area (Å²) in [6.07, 6.45) is 0. The van der Waals surface area contributed by atoms with Crippen molar-refractivity contribution in [2.75, 3.05) is 0 Å². The molecule has 0 unspecified atom stereocenters. The fourth-order valence-electron chi connectivity index (χ4n) is 20.1. The Morgan fingerprint density at radius 3 is 1.05 bits per heavy atom. The van der Waals surface area contributed by atoms with Crippen molar-refractivity contribution < 1.29 is 0 Å². The molecule has 0 saturated heterocycles. The van der Waals surface area contributed by atoms with Crippen LogP contribution in [-0.2, 0) is 10.8 Å². The van der Waals surface area contributed by atoms with Gasteiger partial charge in [0.15, 0.2) is 0 Å². The van der Waals surface area contributed by atoms with Crippen molar-refractivity contribution in [2.45, 2.75) is 38.5 Å². The average molecular weight is 1450 g/mol. The van der Waals surface area contributed by atoms with E-state index >= 15 is 0 Å². The molecule has 0 radical (unpaired) electrons. The molecule has 0 amide bonds.